The van der Waals surface area contributed by atoms with Crippen LogP contribution in [0.2, 0.25) is 0 Å². The van der Waals surface area contributed by atoms with Gasteiger partial charge in [0.25, 0.3) is 0 Å². The van der Waals surface area contributed by atoms with Gasteiger partial charge >= 0.3 is 0 Å². The largest absolute Gasteiger partial charge is 0.390 e. The molecule has 21 atom stereocenters. The summed E-state index contributed by atoms with van der Waals surface area (Å²) in [5.74, 6) is -1.23. The predicted octanol–water partition coefficient (Wildman–Crippen LogP) is 0.627. The lowest BCUT2D eigenvalue weighted by Crippen LogP contribution is -2.66. The Labute approximate surface area is 325 Å². The molecule has 2 unspecified atom stereocenters. The van der Waals surface area contributed by atoms with Crippen molar-refractivity contribution >= 4 is 0 Å². The van der Waals surface area contributed by atoms with Crippen molar-refractivity contribution < 1.29 is 69.6 Å². The monoisotopic (exact) mass is 784 g/mol. The molecule has 2 heterocycles. The molecule has 3 saturated carbocycles. The zero-order valence-corrected chi connectivity index (χ0v) is 33.4. The number of aliphatic hydroxyl groups excluding tert-OH is 8. The topological polar surface area (TPSA) is 228 Å². The molecule has 6 rings (SSSR count). The van der Waals surface area contributed by atoms with Crippen molar-refractivity contribution in [2.45, 2.75) is 153 Å². The van der Waals surface area contributed by atoms with Gasteiger partial charge in [-0.2, -0.15) is 0 Å². The summed E-state index contributed by atoms with van der Waals surface area (Å²) in [5.41, 5.74) is -1.89. The van der Waals surface area contributed by atoms with Crippen LogP contribution in [0.25, 0.3) is 0 Å². The van der Waals surface area contributed by atoms with Crippen LogP contribution in [0.5, 0.6) is 0 Å². The molecule has 0 amide bonds. The number of allylic oxidation sites excluding steroid dienone is 2. The fourth-order valence-corrected chi connectivity index (χ4v) is 12.1. The third-order valence-electron chi connectivity index (χ3n) is 14.9. The van der Waals surface area contributed by atoms with Crippen molar-refractivity contribution in [2.75, 3.05) is 26.9 Å². The molecule has 55 heavy (non-hydrogen) atoms. The summed E-state index contributed by atoms with van der Waals surface area (Å²) < 4.78 is 28.6. The summed E-state index contributed by atoms with van der Waals surface area (Å²) in [6.07, 6.45) is -4.09. The summed E-state index contributed by atoms with van der Waals surface area (Å²) in [6.45, 7) is 12.5. The Bertz CT molecular complexity index is 1380. The van der Waals surface area contributed by atoms with Crippen LogP contribution in [-0.4, -0.2) is 152 Å². The van der Waals surface area contributed by atoms with Crippen LogP contribution in [0.3, 0.4) is 0 Å². The third-order valence-corrected chi connectivity index (χ3v) is 14.9. The Hall–Kier alpha value is -1.08. The molecule has 0 aromatic heterocycles. The molecule has 0 spiro atoms. The molecular weight excluding hydrogens is 716 g/mol. The van der Waals surface area contributed by atoms with Crippen molar-refractivity contribution in [3.05, 3.63) is 23.8 Å². The van der Waals surface area contributed by atoms with E-state index in [1.165, 1.54) is 7.11 Å². The Morgan fingerprint density at radius 3 is 2.13 bits per heavy atom. The highest BCUT2D eigenvalue weighted by molar-refractivity contribution is 5.33. The van der Waals surface area contributed by atoms with E-state index >= 15 is 0 Å². The highest BCUT2D eigenvalue weighted by Crippen LogP contribution is 2.69. The quantitative estimate of drug-likeness (QED) is 0.131. The molecule has 2 aliphatic heterocycles. The minimum atomic E-state index is -1.44. The molecule has 0 bridgehead atoms. The number of hydrogen-bond acceptors (Lipinski definition) is 14. The van der Waals surface area contributed by atoms with Gasteiger partial charge in [-0.25, -0.2) is 0 Å². The Kier molecular flexibility index (Phi) is 13.1. The van der Waals surface area contributed by atoms with Gasteiger partial charge in [0.1, 0.15) is 36.6 Å². The van der Waals surface area contributed by atoms with Crippen LogP contribution < -0.4 is 0 Å². The fourth-order valence-electron chi connectivity index (χ4n) is 12.1. The third kappa shape index (κ3) is 7.65. The van der Waals surface area contributed by atoms with Gasteiger partial charge in [-0.1, -0.05) is 59.8 Å². The van der Waals surface area contributed by atoms with Crippen LogP contribution in [0, 0.1) is 52.3 Å². The molecule has 4 aliphatic carbocycles. The van der Waals surface area contributed by atoms with E-state index in [2.05, 4.69) is 39.8 Å². The lowest BCUT2D eigenvalue weighted by Gasteiger charge is -2.63. The van der Waals surface area contributed by atoms with Crippen LogP contribution >= 0.6 is 0 Å². The zero-order valence-electron chi connectivity index (χ0n) is 33.4. The first-order valence-corrected chi connectivity index (χ1v) is 20.4. The van der Waals surface area contributed by atoms with Crippen LogP contribution in [0.15, 0.2) is 23.8 Å². The van der Waals surface area contributed by atoms with Crippen LogP contribution in [0.1, 0.15) is 73.6 Å². The Balaban J connectivity index is 1.16. The van der Waals surface area contributed by atoms with Gasteiger partial charge in [-0.3, -0.25) is 0 Å². The standard InChI is InChI=1S/C41H68O14/c1-19(2)23(21(4)16-52-37-34(49)30(45)26(43)17-53-37)9-8-20(3)29-32(47)33(48)36-40(29,6)13-11-28-39(5)12-10-22(14-24(39)25(42)15-41(28,36)50)55-38-35(51-7)31(46)27(44)18-54-38/h8-9,14,19-23,25-38,42-50H,10-13,15-18H2,1-7H3/b9-8+/t20-,21?,22+,23?,25-,26-,27-,28-,29+,30+,31+,32-,33+,34-,35-,36-,37-,38+,39+,40-,41+/m1/s1. The van der Waals surface area contributed by atoms with E-state index in [4.69, 9.17) is 23.7 Å². The molecular formula is C41H68O14. The van der Waals surface area contributed by atoms with Crippen molar-refractivity contribution in [3.63, 3.8) is 0 Å². The van der Waals surface area contributed by atoms with E-state index in [1.807, 2.05) is 19.9 Å². The van der Waals surface area contributed by atoms with Crippen molar-refractivity contribution in [1.82, 2.24) is 0 Å². The van der Waals surface area contributed by atoms with E-state index < -0.39 is 96.0 Å². The van der Waals surface area contributed by atoms with E-state index in [9.17, 15) is 46.0 Å². The number of methoxy groups -OCH3 is 1. The average molecular weight is 785 g/mol. The molecule has 2 saturated heterocycles. The number of aliphatic hydroxyl groups is 9. The van der Waals surface area contributed by atoms with Gasteiger partial charge in [0.15, 0.2) is 12.6 Å². The highest BCUT2D eigenvalue weighted by Gasteiger charge is 2.72. The summed E-state index contributed by atoms with van der Waals surface area (Å²) in [7, 11) is 1.42. The normalized spacial score (nSPS) is 50.6. The van der Waals surface area contributed by atoms with E-state index in [1.54, 1.807) is 0 Å². The van der Waals surface area contributed by atoms with Gasteiger partial charge in [-0.05, 0) is 77.6 Å². The summed E-state index contributed by atoms with van der Waals surface area (Å²) >= 11 is 0. The minimum Gasteiger partial charge on any atom is -0.390 e. The fraction of sp³-hybridized carbons (Fsp3) is 0.902. The first-order chi connectivity index (χ1) is 25.8. The SMILES string of the molecule is CO[C@H]1[C@H](O[C@@H]2C=C3[C@H](O)C[C@@]4(O)[C@@H]5[C@@H](O)[C@H](O)[C@H]([C@H](C)/C=C/C(C(C)C)C(C)CO[C@@H]6OC[C@@H](O)[C@H](O)[C@H]6O)[C@@]5(C)CC[C@@H]4[C@@]3(C)CC2)OC[C@@H](O)[C@@H]1O. The van der Waals surface area contributed by atoms with Gasteiger partial charge in [0, 0.05) is 19.4 Å². The maximum Gasteiger partial charge on any atom is 0.187 e. The maximum absolute atomic E-state index is 12.8. The predicted molar refractivity (Wildman–Crippen MR) is 198 cm³/mol. The second-order valence-electron chi connectivity index (χ2n) is 18.6. The first kappa shape index (κ1) is 43.5. The summed E-state index contributed by atoms with van der Waals surface area (Å²) in [4.78, 5) is 0. The Morgan fingerprint density at radius 2 is 1.47 bits per heavy atom. The van der Waals surface area contributed by atoms with Crippen molar-refractivity contribution in [2.24, 2.45) is 52.3 Å². The number of hydrogen-bond donors (Lipinski definition) is 9. The lowest BCUT2D eigenvalue weighted by molar-refractivity contribution is -0.285. The second-order valence-corrected chi connectivity index (χ2v) is 18.6. The molecule has 5 fully saturated rings. The average Bonchev–Trinajstić information content (AvgIpc) is 3.33. The molecule has 0 aromatic carbocycles. The smallest absolute Gasteiger partial charge is 0.187 e. The van der Waals surface area contributed by atoms with Crippen molar-refractivity contribution in [1.29, 1.82) is 0 Å². The van der Waals surface area contributed by atoms with Gasteiger partial charge < -0.3 is 69.6 Å². The van der Waals surface area contributed by atoms with Gasteiger partial charge in [0.2, 0.25) is 0 Å². The first-order valence-electron chi connectivity index (χ1n) is 20.4. The molecule has 0 radical (unpaired) electrons. The van der Waals surface area contributed by atoms with E-state index in [0.29, 0.717) is 25.7 Å². The number of rotatable bonds is 11. The lowest BCUT2D eigenvalue weighted by atomic mass is 9.43. The van der Waals surface area contributed by atoms with Gasteiger partial charge in [0.05, 0.1) is 49.8 Å². The van der Waals surface area contributed by atoms with E-state index in [0.717, 1.165) is 5.57 Å². The minimum absolute atomic E-state index is 0.00915. The summed E-state index contributed by atoms with van der Waals surface area (Å²) in [6, 6.07) is 0. The molecule has 316 valence electrons. The van der Waals surface area contributed by atoms with Crippen LogP contribution in [0.4, 0.5) is 0 Å². The van der Waals surface area contributed by atoms with E-state index in [-0.39, 0.29) is 61.7 Å². The zero-order chi connectivity index (χ0) is 40.4. The molecule has 14 nitrogen and oxygen atoms in total. The second kappa shape index (κ2) is 16.5. The maximum atomic E-state index is 12.8. The van der Waals surface area contributed by atoms with Crippen LogP contribution in [-0.2, 0) is 23.7 Å². The summed E-state index contributed by atoms with van der Waals surface area (Å²) in [5, 5.41) is 99.0. The highest BCUT2D eigenvalue weighted by atomic mass is 16.7. The Morgan fingerprint density at radius 1 is 0.818 bits per heavy atom. The molecule has 14 heteroatoms. The molecule has 0 aromatic rings. The number of ether oxygens (including phenoxy) is 5. The number of fused-ring (bicyclic) bond motifs is 5. The van der Waals surface area contributed by atoms with Crippen molar-refractivity contribution in [3.8, 4) is 0 Å². The molecule has 6 aliphatic rings. The molecule has 9 N–H and O–H groups in total. The van der Waals surface area contributed by atoms with Gasteiger partial charge in [-0.15, -0.1) is 0 Å².